The summed E-state index contributed by atoms with van der Waals surface area (Å²) in [4.78, 5) is 13.7. The van der Waals surface area contributed by atoms with E-state index in [4.69, 9.17) is 4.74 Å². The molecule has 4 aromatic rings. The standard InChI is InChI=1S/C20H16FN3OS2/c1-13-22-18-5-3-2-4-17(18)20(23-13)27-12-15-11-26-19(24-15)10-25-16-8-6-14(21)7-9-16/h2-9,11H,10,12H2,1H3. The highest BCUT2D eigenvalue weighted by Crippen LogP contribution is 2.28. The molecule has 0 N–H and O–H groups in total. The first kappa shape index (κ1) is 17.9. The fourth-order valence-corrected chi connectivity index (χ4v) is 4.34. The summed E-state index contributed by atoms with van der Waals surface area (Å²) < 4.78 is 18.6. The maximum Gasteiger partial charge on any atom is 0.140 e. The summed E-state index contributed by atoms with van der Waals surface area (Å²) in [5.74, 6) is 1.85. The van der Waals surface area contributed by atoms with E-state index in [-0.39, 0.29) is 5.82 Å². The minimum atomic E-state index is -0.275. The van der Waals surface area contributed by atoms with Gasteiger partial charge in [-0.1, -0.05) is 30.0 Å². The van der Waals surface area contributed by atoms with Crippen LogP contribution in [-0.2, 0) is 12.4 Å². The molecule has 0 aliphatic carbocycles. The van der Waals surface area contributed by atoms with E-state index in [0.29, 0.717) is 12.4 Å². The van der Waals surface area contributed by atoms with Gasteiger partial charge in [0.15, 0.2) is 0 Å². The lowest BCUT2D eigenvalue weighted by molar-refractivity contribution is 0.305. The Morgan fingerprint density at radius 2 is 1.85 bits per heavy atom. The highest BCUT2D eigenvalue weighted by molar-refractivity contribution is 7.98. The third-order valence-electron chi connectivity index (χ3n) is 3.81. The van der Waals surface area contributed by atoms with Gasteiger partial charge in [-0.3, -0.25) is 0 Å². The van der Waals surface area contributed by atoms with E-state index in [9.17, 15) is 4.39 Å². The van der Waals surface area contributed by atoms with Crippen LogP contribution in [-0.4, -0.2) is 15.0 Å². The number of nitrogens with zero attached hydrogens (tertiary/aromatic N) is 3. The number of fused-ring (bicyclic) bond motifs is 1. The van der Waals surface area contributed by atoms with E-state index >= 15 is 0 Å². The lowest BCUT2D eigenvalue weighted by Gasteiger charge is -2.05. The molecule has 0 bridgehead atoms. The molecule has 4 rings (SSSR count). The minimum absolute atomic E-state index is 0.275. The quantitative estimate of drug-likeness (QED) is 0.322. The van der Waals surface area contributed by atoms with Crippen LogP contribution in [0.15, 0.2) is 58.9 Å². The van der Waals surface area contributed by atoms with Crippen LogP contribution in [0.2, 0.25) is 0 Å². The predicted octanol–water partition coefficient (Wildman–Crippen LogP) is 5.41. The fourth-order valence-electron chi connectivity index (χ4n) is 2.57. The highest BCUT2D eigenvalue weighted by atomic mass is 32.2. The SMILES string of the molecule is Cc1nc(SCc2csc(COc3ccc(F)cc3)n2)c2ccccc2n1. The van der Waals surface area contributed by atoms with Crippen molar-refractivity contribution < 1.29 is 9.13 Å². The van der Waals surface area contributed by atoms with Crippen LogP contribution in [0.1, 0.15) is 16.5 Å². The van der Waals surface area contributed by atoms with E-state index in [2.05, 4.69) is 15.0 Å². The zero-order chi connectivity index (χ0) is 18.6. The van der Waals surface area contributed by atoms with Crippen molar-refractivity contribution in [2.45, 2.75) is 24.3 Å². The number of hydrogen-bond acceptors (Lipinski definition) is 6. The zero-order valence-corrected chi connectivity index (χ0v) is 16.2. The molecule has 0 aliphatic heterocycles. The first-order chi connectivity index (χ1) is 13.2. The van der Waals surface area contributed by atoms with E-state index in [0.717, 1.165) is 38.2 Å². The summed E-state index contributed by atoms with van der Waals surface area (Å²) >= 11 is 3.21. The Morgan fingerprint density at radius 3 is 2.70 bits per heavy atom. The smallest absolute Gasteiger partial charge is 0.140 e. The molecule has 0 radical (unpaired) electrons. The molecule has 7 heteroatoms. The van der Waals surface area contributed by atoms with Crippen molar-refractivity contribution in [3.63, 3.8) is 0 Å². The Balaban J connectivity index is 1.40. The number of ether oxygens (including phenoxy) is 1. The lowest BCUT2D eigenvalue weighted by atomic mass is 10.2. The molecule has 0 saturated carbocycles. The number of aromatic nitrogens is 3. The van der Waals surface area contributed by atoms with Crippen molar-refractivity contribution in [3.8, 4) is 5.75 Å². The summed E-state index contributed by atoms with van der Waals surface area (Å²) in [6, 6.07) is 14.0. The average Bonchev–Trinajstić information content (AvgIpc) is 3.13. The van der Waals surface area contributed by atoms with Gasteiger partial charge in [-0.05, 0) is 37.3 Å². The van der Waals surface area contributed by atoms with Crippen LogP contribution in [0.25, 0.3) is 10.9 Å². The Hall–Kier alpha value is -2.51. The van der Waals surface area contributed by atoms with Gasteiger partial charge in [-0.25, -0.2) is 19.3 Å². The second kappa shape index (κ2) is 8.02. The van der Waals surface area contributed by atoms with Gasteiger partial charge in [0.2, 0.25) is 0 Å². The second-order valence-electron chi connectivity index (χ2n) is 5.86. The molecule has 136 valence electrons. The number of hydrogen-bond donors (Lipinski definition) is 0. The molecule has 0 aliphatic rings. The van der Waals surface area contributed by atoms with Crippen LogP contribution < -0.4 is 4.74 Å². The number of rotatable bonds is 6. The molecule has 0 amide bonds. The number of aryl methyl sites for hydroxylation is 1. The van der Waals surface area contributed by atoms with Crippen molar-refractivity contribution in [1.29, 1.82) is 0 Å². The Labute approximate surface area is 164 Å². The summed E-state index contributed by atoms with van der Waals surface area (Å²) in [7, 11) is 0. The van der Waals surface area contributed by atoms with Crippen molar-refractivity contribution in [2.75, 3.05) is 0 Å². The number of thioether (sulfide) groups is 1. The van der Waals surface area contributed by atoms with Crippen molar-refractivity contribution in [1.82, 2.24) is 15.0 Å². The van der Waals surface area contributed by atoms with Crippen molar-refractivity contribution >= 4 is 34.0 Å². The van der Waals surface area contributed by atoms with Gasteiger partial charge < -0.3 is 4.74 Å². The van der Waals surface area contributed by atoms with Crippen LogP contribution >= 0.6 is 23.1 Å². The molecule has 2 aromatic carbocycles. The molecular weight excluding hydrogens is 381 g/mol. The first-order valence-electron chi connectivity index (χ1n) is 8.35. The fraction of sp³-hybridized carbons (Fsp3) is 0.150. The summed E-state index contributed by atoms with van der Waals surface area (Å²) in [5, 5.41) is 4.95. The molecular formula is C20H16FN3OS2. The van der Waals surface area contributed by atoms with Gasteiger partial charge in [0.1, 0.15) is 34.0 Å². The molecule has 0 spiro atoms. The van der Waals surface area contributed by atoms with Gasteiger partial charge in [0, 0.05) is 16.5 Å². The lowest BCUT2D eigenvalue weighted by Crippen LogP contribution is -1.96. The minimum Gasteiger partial charge on any atom is -0.486 e. The summed E-state index contributed by atoms with van der Waals surface area (Å²) in [6.45, 7) is 2.28. The normalized spacial score (nSPS) is 11.0. The maximum atomic E-state index is 12.9. The predicted molar refractivity (Wildman–Crippen MR) is 107 cm³/mol. The molecule has 0 saturated heterocycles. The van der Waals surface area contributed by atoms with E-state index in [1.807, 2.05) is 36.6 Å². The van der Waals surface area contributed by atoms with E-state index < -0.39 is 0 Å². The van der Waals surface area contributed by atoms with Crippen molar-refractivity contribution in [3.05, 3.63) is 76.3 Å². The highest BCUT2D eigenvalue weighted by Gasteiger charge is 2.09. The maximum absolute atomic E-state index is 12.9. The monoisotopic (exact) mass is 397 g/mol. The van der Waals surface area contributed by atoms with Gasteiger partial charge in [0.25, 0.3) is 0 Å². The summed E-state index contributed by atoms with van der Waals surface area (Å²) in [6.07, 6.45) is 0. The van der Waals surface area contributed by atoms with E-state index in [1.54, 1.807) is 35.2 Å². The van der Waals surface area contributed by atoms with Gasteiger partial charge in [-0.2, -0.15) is 0 Å². The van der Waals surface area contributed by atoms with E-state index in [1.165, 1.54) is 12.1 Å². The molecule has 0 atom stereocenters. The largest absolute Gasteiger partial charge is 0.486 e. The van der Waals surface area contributed by atoms with Crippen LogP contribution in [0.3, 0.4) is 0 Å². The Kier molecular flexibility index (Phi) is 5.31. The van der Waals surface area contributed by atoms with Gasteiger partial charge >= 0.3 is 0 Å². The molecule has 2 aromatic heterocycles. The first-order valence-corrected chi connectivity index (χ1v) is 10.2. The number of halogens is 1. The van der Waals surface area contributed by atoms with Gasteiger partial charge in [-0.15, -0.1) is 11.3 Å². The Bertz CT molecular complexity index is 1070. The third-order valence-corrected chi connectivity index (χ3v) is 5.71. The van der Waals surface area contributed by atoms with Crippen LogP contribution in [0.4, 0.5) is 4.39 Å². The second-order valence-corrected chi connectivity index (χ2v) is 7.76. The topological polar surface area (TPSA) is 47.9 Å². The molecule has 2 heterocycles. The molecule has 4 nitrogen and oxygen atoms in total. The number of thiazole rings is 1. The Morgan fingerprint density at radius 1 is 1.04 bits per heavy atom. The summed E-state index contributed by atoms with van der Waals surface area (Å²) in [5.41, 5.74) is 1.95. The number of para-hydroxylation sites is 1. The third kappa shape index (κ3) is 4.43. The molecule has 0 fully saturated rings. The number of benzene rings is 2. The average molecular weight is 398 g/mol. The van der Waals surface area contributed by atoms with Crippen molar-refractivity contribution in [2.24, 2.45) is 0 Å². The zero-order valence-electron chi connectivity index (χ0n) is 14.6. The van der Waals surface area contributed by atoms with Crippen LogP contribution in [0, 0.1) is 12.7 Å². The molecule has 0 unspecified atom stereocenters. The molecule has 27 heavy (non-hydrogen) atoms. The van der Waals surface area contributed by atoms with Crippen LogP contribution in [0.5, 0.6) is 5.75 Å². The van der Waals surface area contributed by atoms with Gasteiger partial charge in [0.05, 0.1) is 11.2 Å².